The van der Waals surface area contributed by atoms with Crippen molar-refractivity contribution >= 4 is 11.8 Å². The molecule has 1 fully saturated rings. The van der Waals surface area contributed by atoms with E-state index in [2.05, 4.69) is 6.92 Å². The minimum Gasteiger partial charge on any atom is -0.347 e. The first-order chi connectivity index (χ1) is 8.86. The molecule has 110 valence electrons. The topological polar surface area (TPSA) is 66.6 Å². The summed E-state index contributed by atoms with van der Waals surface area (Å²) in [6.45, 7) is 4.76. The third-order valence-corrected chi connectivity index (χ3v) is 4.05. The van der Waals surface area contributed by atoms with Crippen molar-refractivity contribution in [2.45, 2.75) is 39.2 Å². The molecule has 0 spiro atoms. The maximum Gasteiger partial charge on any atom is 0.241 e. The van der Waals surface area contributed by atoms with E-state index in [1.54, 1.807) is 19.0 Å². The second-order valence-corrected chi connectivity index (χ2v) is 5.80. The normalized spacial score (nSPS) is 26.9. The summed E-state index contributed by atoms with van der Waals surface area (Å²) in [6.07, 6.45) is 2.64. The van der Waals surface area contributed by atoms with E-state index in [4.69, 9.17) is 5.73 Å². The zero-order valence-electron chi connectivity index (χ0n) is 12.6. The minimum absolute atomic E-state index is 0.0229. The fourth-order valence-corrected chi connectivity index (χ4v) is 2.69. The molecule has 0 saturated heterocycles. The van der Waals surface area contributed by atoms with E-state index in [9.17, 15) is 9.59 Å². The van der Waals surface area contributed by atoms with Gasteiger partial charge in [0.25, 0.3) is 0 Å². The van der Waals surface area contributed by atoms with E-state index in [-0.39, 0.29) is 30.3 Å². The number of amides is 2. The van der Waals surface area contributed by atoms with Crippen LogP contribution in [0.25, 0.3) is 0 Å². The molecule has 3 unspecified atom stereocenters. The molecule has 0 aromatic rings. The molecule has 1 aliphatic rings. The second kappa shape index (κ2) is 6.89. The predicted molar refractivity (Wildman–Crippen MR) is 75.4 cm³/mol. The van der Waals surface area contributed by atoms with Crippen molar-refractivity contribution in [3.05, 3.63) is 0 Å². The van der Waals surface area contributed by atoms with Gasteiger partial charge in [-0.3, -0.25) is 9.59 Å². The van der Waals surface area contributed by atoms with Gasteiger partial charge in [0.2, 0.25) is 11.8 Å². The monoisotopic (exact) mass is 269 g/mol. The summed E-state index contributed by atoms with van der Waals surface area (Å²) in [4.78, 5) is 27.5. The van der Waals surface area contributed by atoms with Crippen LogP contribution in [0.3, 0.4) is 0 Å². The highest BCUT2D eigenvalue weighted by molar-refractivity contribution is 5.86. The van der Waals surface area contributed by atoms with E-state index in [0.717, 1.165) is 19.3 Å². The van der Waals surface area contributed by atoms with E-state index < -0.39 is 0 Å². The van der Waals surface area contributed by atoms with Crippen molar-refractivity contribution in [2.75, 3.05) is 27.2 Å². The Hall–Kier alpha value is -1.10. The van der Waals surface area contributed by atoms with Crippen molar-refractivity contribution in [3.8, 4) is 0 Å². The molecule has 3 atom stereocenters. The molecule has 5 nitrogen and oxygen atoms in total. The van der Waals surface area contributed by atoms with Gasteiger partial charge in [0, 0.05) is 32.6 Å². The van der Waals surface area contributed by atoms with Crippen LogP contribution in [0.4, 0.5) is 0 Å². The Bertz CT molecular complexity index is 331. The molecule has 5 heteroatoms. The number of carbonyl (C=O) groups excluding carboxylic acids is 2. The van der Waals surface area contributed by atoms with Crippen LogP contribution in [-0.4, -0.2) is 54.8 Å². The lowest BCUT2D eigenvalue weighted by Crippen LogP contribution is -2.46. The van der Waals surface area contributed by atoms with E-state index >= 15 is 0 Å². The molecule has 1 saturated carbocycles. The first-order valence-corrected chi connectivity index (χ1v) is 7.11. The third-order valence-electron chi connectivity index (χ3n) is 4.05. The van der Waals surface area contributed by atoms with Crippen LogP contribution in [0.2, 0.25) is 0 Å². The molecule has 0 heterocycles. The van der Waals surface area contributed by atoms with Gasteiger partial charge >= 0.3 is 0 Å². The van der Waals surface area contributed by atoms with Crippen molar-refractivity contribution in [3.63, 3.8) is 0 Å². The van der Waals surface area contributed by atoms with E-state index in [1.165, 1.54) is 4.90 Å². The number of carbonyl (C=O) groups is 2. The summed E-state index contributed by atoms with van der Waals surface area (Å²) in [7, 11) is 3.42. The summed E-state index contributed by atoms with van der Waals surface area (Å²) < 4.78 is 0. The number of nitrogens with two attached hydrogens (primary N) is 1. The lowest BCUT2D eigenvalue weighted by molar-refractivity contribution is -0.143. The summed E-state index contributed by atoms with van der Waals surface area (Å²) in [6, 6.07) is 0.220. The highest BCUT2D eigenvalue weighted by atomic mass is 16.2. The van der Waals surface area contributed by atoms with Gasteiger partial charge in [-0.25, -0.2) is 0 Å². The van der Waals surface area contributed by atoms with Crippen LogP contribution < -0.4 is 5.73 Å². The van der Waals surface area contributed by atoms with Crippen molar-refractivity contribution in [1.29, 1.82) is 0 Å². The molecular formula is C14H27N3O2. The van der Waals surface area contributed by atoms with Crippen LogP contribution in [0.5, 0.6) is 0 Å². The summed E-state index contributed by atoms with van der Waals surface area (Å²) in [5.41, 5.74) is 5.93. The van der Waals surface area contributed by atoms with E-state index in [1.807, 2.05) is 6.92 Å². The smallest absolute Gasteiger partial charge is 0.241 e. The number of hydrogen-bond acceptors (Lipinski definition) is 3. The molecule has 0 bridgehead atoms. The van der Waals surface area contributed by atoms with Crippen molar-refractivity contribution in [1.82, 2.24) is 9.80 Å². The molecule has 0 aliphatic heterocycles. The first-order valence-electron chi connectivity index (χ1n) is 7.11. The molecule has 1 rings (SSSR count). The maximum absolute atomic E-state index is 12.5. The molecule has 0 aromatic carbocycles. The zero-order chi connectivity index (χ0) is 14.6. The SMILES string of the molecule is CCN(CC(=O)N(C)C)C(=O)C1CCC(N)CC1C. The molecule has 2 amide bonds. The van der Waals surface area contributed by atoms with Crippen molar-refractivity contribution < 1.29 is 9.59 Å². The Morgan fingerprint density at radius 1 is 1.26 bits per heavy atom. The Morgan fingerprint density at radius 3 is 2.37 bits per heavy atom. The predicted octanol–water partition coefficient (Wildman–Crippen LogP) is 0.687. The fourth-order valence-electron chi connectivity index (χ4n) is 2.69. The van der Waals surface area contributed by atoms with Gasteiger partial charge in [-0.15, -0.1) is 0 Å². The Kier molecular flexibility index (Phi) is 5.79. The minimum atomic E-state index is -0.0321. The van der Waals surface area contributed by atoms with Crippen LogP contribution >= 0.6 is 0 Å². The summed E-state index contributed by atoms with van der Waals surface area (Å²) in [5.74, 6) is 0.405. The standard InChI is InChI=1S/C14H27N3O2/c1-5-17(9-13(18)16(3)4)14(19)12-7-6-11(15)8-10(12)2/h10-12H,5-9,15H2,1-4H3. The molecule has 0 aromatic heterocycles. The maximum atomic E-state index is 12.5. The lowest BCUT2D eigenvalue weighted by Gasteiger charge is -2.35. The van der Waals surface area contributed by atoms with Crippen LogP contribution in [-0.2, 0) is 9.59 Å². The van der Waals surface area contributed by atoms with Gasteiger partial charge in [0.15, 0.2) is 0 Å². The highest BCUT2D eigenvalue weighted by Gasteiger charge is 2.33. The quantitative estimate of drug-likeness (QED) is 0.816. The van der Waals surface area contributed by atoms with Gasteiger partial charge in [-0.1, -0.05) is 6.92 Å². The van der Waals surface area contributed by atoms with Gasteiger partial charge in [0.1, 0.15) is 0 Å². The number of hydrogen-bond donors (Lipinski definition) is 1. The van der Waals surface area contributed by atoms with Gasteiger partial charge < -0.3 is 15.5 Å². The van der Waals surface area contributed by atoms with Gasteiger partial charge in [0.05, 0.1) is 6.54 Å². The summed E-state index contributed by atoms with van der Waals surface area (Å²) in [5, 5.41) is 0. The van der Waals surface area contributed by atoms with Crippen LogP contribution in [0, 0.1) is 11.8 Å². The van der Waals surface area contributed by atoms with E-state index in [0.29, 0.717) is 12.5 Å². The van der Waals surface area contributed by atoms with Crippen molar-refractivity contribution in [2.24, 2.45) is 17.6 Å². The average molecular weight is 269 g/mol. The molecule has 2 N–H and O–H groups in total. The Labute approximate surface area is 116 Å². The van der Waals surface area contributed by atoms with Crippen LogP contribution in [0.1, 0.15) is 33.1 Å². The molecule has 1 aliphatic carbocycles. The summed E-state index contributed by atoms with van der Waals surface area (Å²) >= 11 is 0. The Balaban J connectivity index is 2.65. The fraction of sp³-hybridized carbons (Fsp3) is 0.857. The largest absolute Gasteiger partial charge is 0.347 e. The lowest BCUT2D eigenvalue weighted by atomic mass is 9.77. The van der Waals surface area contributed by atoms with Crippen LogP contribution in [0.15, 0.2) is 0 Å². The number of rotatable bonds is 4. The third kappa shape index (κ3) is 4.20. The number of nitrogens with zero attached hydrogens (tertiary/aromatic N) is 2. The molecular weight excluding hydrogens is 242 g/mol. The van der Waals surface area contributed by atoms with Gasteiger partial charge in [-0.05, 0) is 32.1 Å². The highest BCUT2D eigenvalue weighted by Crippen LogP contribution is 2.30. The molecule has 19 heavy (non-hydrogen) atoms. The molecule has 0 radical (unpaired) electrons. The number of likely N-dealkylation sites (N-methyl/N-ethyl adjacent to an activating group) is 2. The first kappa shape index (κ1) is 16.0. The van der Waals surface area contributed by atoms with Gasteiger partial charge in [-0.2, -0.15) is 0 Å². The zero-order valence-corrected chi connectivity index (χ0v) is 12.6. The Morgan fingerprint density at radius 2 is 1.89 bits per heavy atom. The second-order valence-electron chi connectivity index (χ2n) is 5.80. The average Bonchev–Trinajstić information content (AvgIpc) is 2.34.